The average Bonchev–Trinajstić information content (AvgIpc) is 2.34. The van der Waals surface area contributed by atoms with Crippen LogP contribution >= 0.6 is 0 Å². The van der Waals surface area contributed by atoms with Crippen molar-refractivity contribution in [3.05, 3.63) is 33.8 Å². The normalized spacial score (nSPS) is 13.5. The molecule has 2 N–H and O–H groups in total. The second kappa shape index (κ2) is 1.99. The first-order valence-corrected chi connectivity index (χ1v) is 3.39. The zero-order valence-corrected chi connectivity index (χ0v) is 5.79. The van der Waals surface area contributed by atoms with Crippen LogP contribution in [0.3, 0.4) is 0 Å². The summed E-state index contributed by atoms with van der Waals surface area (Å²) in [5, 5.41) is 9.24. The van der Waals surface area contributed by atoms with Crippen LogP contribution in [-0.4, -0.2) is 10.1 Å². The van der Waals surface area contributed by atoms with Gasteiger partial charge in [-0.2, -0.15) is 0 Å². The summed E-state index contributed by atoms with van der Waals surface area (Å²) in [6.07, 6.45) is 4.42. The van der Waals surface area contributed by atoms with Crippen LogP contribution in [0.15, 0.2) is 16.9 Å². The van der Waals surface area contributed by atoms with Crippen LogP contribution in [0.1, 0.15) is 11.3 Å². The van der Waals surface area contributed by atoms with Crippen LogP contribution in [-0.2, 0) is 6.42 Å². The van der Waals surface area contributed by atoms with E-state index >= 15 is 0 Å². The number of rotatable bonds is 0. The number of fused-ring (bicyclic) bond motifs is 1. The summed E-state index contributed by atoms with van der Waals surface area (Å²) in [6.45, 7) is 0. The maximum absolute atomic E-state index is 10.8. The van der Waals surface area contributed by atoms with Gasteiger partial charge >= 0.3 is 0 Å². The second-order valence-electron chi connectivity index (χ2n) is 2.52. The van der Waals surface area contributed by atoms with Gasteiger partial charge < -0.3 is 10.1 Å². The summed E-state index contributed by atoms with van der Waals surface area (Å²) in [6, 6.07) is 1.19. The van der Waals surface area contributed by atoms with Gasteiger partial charge in [0.15, 0.2) is 0 Å². The van der Waals surface area contributed by atoms with Gasteiger partial charge in [0.1, 0.15) is 5.75 Å². The van der Waals surface area contributed by atoms with Crippen LogP contribution in [0.5, 0.6) is 5.75 Å². The van der Waals surface area contributed by atoms with Crippen molar-refractivity contribution in [1.29, 1.82) is 0 Å². The van der Waals surface area contributed by atoms with Crippen molar-refractivity contribution in [3.63, 3.8) is 0 Å². The zero-order chi connectivity index (χ0) is 7.84. The van der Waals surface area contributed by atoms with Crippen molar-refractivity contribution in [2.24, 2.45) is 0 Å². The lowest BCUT2D eigenvalue weighted by Gasteiger charge is -1.98. The molecule has 3 nitrogen and oxygen atoms in total. The van der Waals surface area contributed by atoms with Crippen molar-refractivity contribution in [2.75, 3.05) is 0 Å². The van der Waals surface area contributed by atoms with E-state index in [0.717, 1.165) is 11.3 Å². The third-order valence-corrected chi connectivity index (χ3v) is 1.75. The number of nitrogens with one attached hydrogen (secondary N) is 1. The fraction of sp³-hybridized carbons (Fsp3) is 0.125. The van der Waals surface area contributed by atoms with Crippen LogP contribution < -0.4 is 5.56 Å². The molecule has 1 heterocycles. The molecule has 0 spiro atoms. The molecule has 0 fully saturated rings. The Hall–Kier alpha value is -1.51. The molecule has 0 aromatic carbocycles. The molecule has 1 aliphatic rings. The molecule has 1 aliphatic carbocycles. The summed E-state index contributed by atoms with van der Waals surface area (Å²) in [5.74, 6) is 0.0671. The average molecular weight is 149 g/mol. The van der Waals surface area contributed by atoms with Crippen molar-refractivity contribution >= 4 is 6.08 Å². The van der Waals surface area contributed by atoms with Crippen molar-refractivity contribution < 1.29 is 5.11 Å². The molecule has 11 heavy (non-hydrogen) atoms. The number of hydrogen-bond acceptors (Lipinski definition) is 2. The molecule has 0 saturated carbocycles. The minimum Gasteiger partial charge on any atom is -0.507 e. The van der Waals surface area contributed by atoms with Crippen molar-refractivity contribution in [3.8, 4) is 5.75 Å². The topological polar surface area (TPSA) is 53.1 Å². The highest BCUT2D eigenvalue weighted by Crippen LogP contribution is 2.23. The Labute approximate surface area is 63.0 Å². The van der Waals surface area contributed by atoms with Gasteiger partial charge in [-0.3, -0.25) is 4.79 Å². The summed E-state index contributed by atoms with van der Waals surface area (Å²) in [5.41, 5.74) is 1.30. The SMILES string of the molecule is O=c1cc(O)c2c([nH]1)CC=C2. The molecule has 0 saturated heterocycles. The van der Waals surface area contributed by atoms with Gasteiger partial charge in [0, 0.05) is 23.7 Å². The highest BCUT2D eigenvalue weighted by molar-refractivity contribution is 5.63. The number of H-pyrrole nitrogens is 1. The Kier molecular flexibility index (Phi) is 1.12. The lowest BCUT2D eigenvalue weighted by atomic mass is 10.2. The first-order chi connectivity index (χ1) is 5.27. The molecule has 1 aromatic rings. The first kappa shape index (κ1) is 6.22. The van der Waals surface area contributed by atoms with E-state index in [0.29, 0.717) is 6.42 Å². The first-order valence-electron chi connectivity index (χ1n) is 3.39. The summed E-state index contributed by atoms with van der Waals surface area (Å²) < 4.78 is 0. The Morgan fingerprint density at radius 3 is 3.18 bits per heavy atom. The van der Waals surface area contributed by atoms with Crippen LogP contribution in [0.4, 0.5) is 0 Å². The molecule has 2 rings (SSSR count). The Morgan fingerprint density at radius 2 is 2.36 bits per heavy atom. The lowest BCUT2D eigenvalue weighted by Crippen LogP contribution is -2.06. The van der Waals surface area contributed by atoms with Crippen molar-refractivity contribution in [2.45, 2.75) is 6.42 Å². The van der Waals surface area contributed by atoms with E-state index in [1.807, 2.05) is 6.08 Å². The molecular formula is C8H7NO2. The predicted molar refractivity (Wildman–Crippen MR) is 41.5 cm³/mol. The highest BCUT2D eigenvalue weighted by Gasteiger charge is 2.09. The van der Waals surface area contributed by atoms with Gasteiger partial charge in [-0.15, -0.1) is 0 Å². The molecule has 0 amide bonds. The van der Waals surface area contributed by atoms with Crippen LogP contribution in [0.25, 0.3) is 6.08 Å². The molecule has 56 valence electrons. The largest absolute Gasteiger partial charge is 0.507 e. The maximum atomic E-state index is 10.8. The molecule has 0 radical (unpaired) electrons. The number of aromatic amines is 1. The molecule has 0 atom stereocenters. The standard InChI is InChI=1S/C8H7NO2/c10-7-4-8(11)9-6-3-1-2-5(6)7/h1-2,4H,3H2,(H2,9,10,11). The summed E-state index contributed by atoms with van der Waals surface area (Å²) >= 11 is 0. The van der Waals surface area contributed by atoms with Gasteiger partial charge in [-0.1, -0.05) is 12.2 Å². The molecule has 1 aromatic heterocycles. The molecule has 0 bridgehead atoms. The predicted octanol–water partition coefficient (Wildman–Crippen LogP) is 0.650. The molecule has 3 heteroatoms. The molecular weight excluding hydrogens is 142 g/mol. The highest BCUT2D eigenvalue weighted by atomic mass is 16.3. The van der Waals surface area contributed by atoms with E-state index in [4.69, 9.17) is 0 Å². The van der Waals surface area contributed by atoms with Crippen LogP contribution in [0, 0.1) is 0 Å². The van der Waals surface area contributed by atoms with E-state index in [9.17, 15) is 9.90 Å². The summed E-state index contributed by atoms with van der Waals surface area (Å²) in [7, 11) is 0. The number of aromatic nitrogens is 1. The summed E-state index contributed by atoms with van der Waals surface area (Å²) in [4.78, 5) is 13.5. The van der Waals surface area contributed by atoms with Gasteiger partial charge in [0.25, 0.3) is 5.56 Å². The minimum absolute atomic E-state index is 0.0671. The third-order valence-electron chi connectivity index (χ3n) is 1.75. The van der Waals surface area contributed by atoms with Gasteiger partial charge in [-0.25, -0.2) is 0 Å². The monoisotopic (exact) mass is 149 g/mol. The number of hydrogen-bond donors (Lipinski definition) is 2. The van der Waals surface area contributed by atoms with E-state index in [1.54, 1.807) is 6.08 Å². The van der Waals surface area contributed by atoms with Gasteiger partial charge in [-0.05, 0) is 0 Å². The van der Waals surface area contributed by atoms with E-state index in [-0.39, 0.29) is 11.3 Å². The fourth-order valence-corrected chi connectivity index (χ4v) is 1.25. The van der Waals surface area contributed by atoms with E-state index in [1.165, 1.54) is 6.07 Å². The van der Waals surface area contributed by atoms with Gasteiger partial charge in [0.05, 0.1) is 0 Å². The van der Waals surface area contributed by atoms with Crippen LogP contribution in [0.2, 0.25) is 0 Å². The Bertz CT molecular complexity index is 376. The third kappa shape index (κ3) is 0.852. The Balaban J connectivity index is 2.76. The van der Waals surface area contributed by atoms with Gasteiger partial charge in [0.2, 0.25) is 0 Å². The van der Waals surface area contributed by atoms with Crippen molar-refractivity contribution in [1.82, 2.24) is 4.98 Å². The van der Waals surface area contributed by atoms with E-state index < -0.39 is 0 Å². The fourth-order valence-electron chi connectivity index (χ4n) is 1.25. The molecule has 0 unspecified atom stereocenters. The number of aromatic hydroxyl groups is 1. The second-order valence-corrected chi connectivity index (χ2v) is 2.52. The maximum Gasteiger partial charge on any atom is 0.251 e. The number of allylic oxidation sites excluding steroid dienone is 1. The smallest absolute Gasteiger partial charge is 0.251 e. The quantitative estimate of drug-likeness (QED) is 0.569. The number of pyridine rings is 1. The van der Waals surface area contributed by atoms with E-state index in [2.05, 4.69) is 4.98 Å². The molecule has 0 aliphatic heterocycles. The Morgan fingerprint density at radius 1 is 1.55 bits per heavy atom. The lowest BCUT2D eigenvalue weighted by molar-refractivity contribution is 0.472. The zero-order valence-electron chi connectivity index (χ0n) is 5.79. The minimum atomic E-state index is -0.245.